The predicted octanol–water partition coefficient (Wildman–Crippen LogP) is 4.81. The van der Waals surface area contributed by atoms with Crippen LogP contribution in [0, 0.1) is 7.14 Å². The smallest absolute Gasteiger partial charge is 0.206 e. The van der Waals surface area contributed by atoms with Gasteiger partial charge >= 0.3 is 0 Å². The highest BCUT2D eigenvalue weighted by molar-refractivity contribution is 14.1. The van der Waals surface area contributed by atoms with Crippen LogP contribution in [0.15, 0.2) is 43.0 Å². The average molecular weight is 772 g/mol. The highest BCUT2D eigenvalue weighted by atomic mass is 127. The molecule has 0 aromatic heterocycles. The van der Waals surface area contributed by atoms with Crippen molar-refractivity contribution in [3.8, 4) is 11.5 Å². The van der Waals surface area contributed by atoms with Gasteiger partial charge in [-0.05, 0) is 101 Å². The highest BCUT2D eigenvalue weighted by Crippen LogP contribution is 2.39. The number of benzene rings is 2. The van der Waals surface area contributed by atoms with E-state index in [4.69, 9.17) is 18.9 Å². The summed E-state index contributed by atoms with van der Waals surface area (Å²) in [5.41, 5.74) is 0. The van der Waals surface area contributed by atoms with Crippen LogP contribution in [-0.2, 0) is 19.3 Å². The Bertz CT molecular complexity index is 931. The summed E-state index contributed by atoms with van der Waals surface area (Å²) in [5.74, 6) is 1.23. The van der Waals surface area contributed by atoms with Crippen LogP contribution in [0.1, 0.15) is 0 Å². The fraction of sp³-hybridized carbons (Fsp3) is 0.333. The van der Waals surface area contributed by atoms with Crippen molar-refractivity contribution in [3.63, 3.8) is 0 Å². The Morgan fingerprint density at radius 1 is 0.862 bits per heavy atom. The molecule has 0 bridgehead atoms. The fourth-order valence-electron chi connectivity index (χ4n) is 2.48. The van der Waals surface area contributed by atoms with Crippen LogP contribution in [0.5, 0.6) is 11.5 Å². The molecule has 2 aromatic carbocycles. The zero-order valence-electron chi connectivity index (χ0n) is 14.7. The molecule has 0 radical (unpaired) electrons. The van der Waals surface area contributed by atoms with Crippen molar-refractivity contribution in [2.75, 3.05) is 26.4 Å². The maximum atomic E-state index is 13.2. The summed E-state index contributed by atoms with van der Waals surface area (Å²) in [4.78, 5) is 0.373. The molecule has 4 rings (SSSR count). The van der Waals surface area contributed by atoms with E-state index in [0.717, 1.165) is 0 Å². The van der Waals surface area contributed by atoms with Gasteiger partial charge in [0.1, 0.15) is 36.9 Å². The van der Waals surface area contributed by atoms with Gasteiger partial charge in [0.15, 0.2) is 0 Å². The first-order valence-electron chi connectivity index (χ1n) is 8.47. The van der Waals surface area contributed by atoms with Crippen molar-refractivity contribution in [1.29, 1.82) is 0 Å². The quantitative estimate of drug-likeness (QED) is 0.284. The molecule has 0 spiro atoms. The third-order valence-corrected chi connectivity index (χ3v) is 8.69. The molecule has 0 N–H and O–H groups in total. The van der Waals surface area contributed by atoms with Gasteiger partial charge in [-0.2, -0.15) is 0 Å². The lowest BCUT2D eigenvalue weighted by molar-refractivity contribution is 0.260. The van der Waals surface area contributed by atoms with E-state index in [1.54, 1.807) is 24.3 Å². The van der Waals surface area contributed by atoms with Crippen molar-refractivity contribution in [2.24, 2.45) is 0 Å². The molecule has 0 saturated carbocycles. The van der Waals surface area contributed by atoms with Gasteiger partial charge in [-0.15, -0.1) is 0 Å². The van der Waals surface area contributed by atoms with E-state index in [1.165, 1.54) is 0 Å². The number of rotatable bonds is 8. The van der Waals surface area contributed by atoms with Gasteiger partial charge < -0.3 is 18.9 Å². The summed E-state index contributed by atoms with van der Waals surface area (Å²) in [6.45, 7) is 2.28. The number of halogens is 4. The largest absolute Gasteiger partial charge is 0.488 e. The van der Waals surface area contributed by atoms with Gasteiger partial charge in [-0.3, -0.25) is 0 Å². The molecule has 156 valence electrons. The Morgan fingerprint density at radius 2 is 1.24 bits per heavy atom. The number of sulfone groups is 1. The molecule has 2 aliphatic heterocycles. The topological polar surface area (TPSA) is 77.7 Å². The Kier molecular flexibility index (Phi) is 7.04. The Balaban J connectivity index is 1.61. The minimum Gasteiger partial charge on any atom is -0.488 e. The second-order valence-electron chi connectivity index (χ2n) is 6.47. The van der Waals surface area contributed by atoms with Gasteiger partial charge in [0.05, 0.1) is 39.1 Å². The first kappa shape index (κ1) is 22.5. The second-order valence-corrected chi connectivity index (χ2v) is 12.5. The third-order valence-electron chi connectivity index (χ3n) is 4.20. The van der Waals surface area contributed by atoms with Crippen LogP contribution >= 0.6 is 77.0 Å². The molecule has 2 saturated heterocycles. The molecule has 2 fully saturated rings. The molecule has 6 nitrogen and oxygen atoms in total. The average Bonchev–Trinajstić information content (AvgIpc) is 3.54. The van der Waals surface area contributed by atoms with Crippen LogP contribution in [0.3, 0.4) is 0 Å². The highest BCUT2D eigenvalue weighted by Gasteiger charge is 2.27. The number of ether oxygens (including phenoxy) is 4. The zero-order valence-corrected chi connectivity index (χ0v) is 23.0. The molecule has 0 unspecified atom stereocenters. The molecule has 2 atom stereocenters. The van der Waals surface area contributed by atoms with Gasteiger partial charge in [0.2, 0.25) is 9.84 Å². The van der Waals surface area contributed by atoms with Crippen LogP contribution in [-0.4, -0.2) is 47.1 Å². The van der Waals surface area contributed by atoms with Gasteiger partial charge in [-0.1, -0.05) is 0 Å². The minimum atomic E-state index is -3.73. The van der Waals surface area contributed by atoms with Crippen molar-refractivity contribution >= 4 is 86.9 Å². The standard InChI is InChI=1S/C18H14Br2I2O6S/c19-13-1-11(3-15(21)17(13)27-7-9-5-25-9)29(23,24)12-2-14(20)18(16(22)4-12)28-8-10-6-26-10/h1-4,9-10H,5-8H2/t9-,10-/m0/s1. The molecule has 2 aromatic rings. The maximum Gasteiger partial charge on any atom is 0.206 e. The van der Waals surface area contributed by atoms with Crippen molar-refractivity contribution in [2.45, 2.75) is 22.0 Å². The van der Waals surface area contributed by atoms with Crippen LogP contribution < -0.4 is 9.47 Å². The number of hydrogen-bond donors (Lipinski definition) is 0. The number of epoxide rings is 2. The van der Waals surface area contributed by atoms with Crippen LogP contribution in [0.2, 0.25) is 0 Å². The summed E-state index contributed by atoms with van der Waals surface area (Å²) >= 11 is 11.0. The second kappa shape index (κ2) is 9.06. The van der Waals surface area contributed by atoms with Gasteiger partial charge in [0, 0.05) is 0 Å². The van der Waals surface area contributed by atoms with Crippen LogP contribution in [0.25, 0.3) is 0 Å². The molecule has 11 heteroatoms. The molecule has 0 aliphatic carbocycles. The van der Waals surface area contributed by atoms with Gasteiger partial charge in [0.25, 0.3) is 0 Å². The monoisotopic (exact) mass is 770 g/mol. The molecular formula is C18H14Br2I2O6S. The molecule has 0 amide bonds. The first-order valence-corrected chi connectivity index (χ1v) is 13.7. The molecule has 2 aliphatic rings. The lowest BCUT2D eigenvalue weighted by Gasteiger charge is -2.14. The van der Waals surface area contributed by atoms with E-state index in [9.17, 15) is 8.42 Å². The fourth-order valence-corrected chi connectivity index (χ4v) is 8.02. The zero-order chi connectivity index (χ0) is 20.8. The minimum absolute atomic E-state index is 0.118. The van der Waals surface area contributed by atoms with E-state index >= 15 is 0 Å². The lowest BCUT2D eigenvalue weighted by Crippen LogP contribution is -2.09. The van der Waals surface area contributed by atoms with E-state index in [1.807, 2.05) is 0 Å². The van der Waals surface area contributed by atoms with Crippen molar-refractivity contribution in [3.05, 3.63) is 40.4 Å². The maximum absolute atomic E-state index is 13.2. The van der Waals surface area contributed by atoms with E-state index in [-0.39, 0.29) is 22.0 Å². The third kappa shape index (κ3) is 5.40. The lowest BCUT2D eigenvalue weighted by atomic mass is 10.3. The molecular weight excluding hydrogens is 758 g/mol. The summed E-state index contributed by atoms with van der Waals surface area (Å²) in [5, 5.41) is 0. The Labute approximate surface area is 212 Å². The summed E-state index contributed by atoms with van der Waals surface area (Å²) in [7, 11) is -3.73. The van der Waals surface area contributed by atoms with Gasteiger partial charge in [-0.25, -0.2) is 8.42 Å². The summed E-state index contributed by atoms with van der Waals surface area (Å²) < 4.78 is 50.9. The SMILES string of the molecule is O=S(=O)(c1cc(Br)c(OC[C@@H]2CO2)c(I)c1)c1cc(Br)c(OC[C@@H]2CO2)c(I)c1. The molecule has 29 heavy (non-hydrogen) atoms. The Morgan fingerprint density at radius 3 is 1.55 bits per heavy atom. The van der Waals surface area contributed by atoms with E-state index < -0.39 is 9.84 Å². The predicted molar refractivity (Wildman–Crippen MR) is 130 cm³/mol. The van der Waals surface area contributed by atoms with E-state index in [0.29, 0.717) is 54.0 Å². The van der Waals surface area contributed by atoms with Crippen LogP contribution in [0.4, 0.5) is 0 Å². The van der Waals surface area contributed by atoms with E-state index in [2.05, 4.69) is 77.0 Å². The summed E-state index contributed by atoms with van der Waals surface area (Å²) in [6, 6.07) is 6.35. The molecule has 2 heterocycles. The first-order chi connectivity index (χ1) is 13.8. The number of hydrogen-bond acceptors (Lipinski definition) is 6. The Hall–Kier alpha value is 0.330. The summed E-state index contributed by atoms with van der Waals surface area (Å²) in [6.07, 6.45) is 0.237. The van der Waals surface area contributed by atoms with Crippen molar-refractivity contribution in [1.82, 2.24) is 0 Å². The van der Waals surface area contributed by atoms with Crippen molar-refractivity contribution < 1.29 is 27.4 Å². The normalized spacial score (nSPS) is 20.4.